The normalized spacial score (nSPS) is 27.2. The summed E-state index contributed by atoms with van der Waals surface area (Å²) in [6.07, 6.45) is 9.35. The van der Waals surface area contributed by atoms with Crippen molar-refractivity contribution in [1.82, 2.24) is 0 Å². The summed E-state index contributed by atoms with van der Waals surface area (Å²) in [6.45, 7) is 23.6. The van der Waals surface area contributed by atoms with E-state index in [1.807, 2.05) is 0 Å². The third-order valence-electron chi connectivity index (χ3n) is 5.96. The minimum absolute atomic E-state index is 0.375. The lowest BCUT2D eigenvalue weighted by Gasteiger charge is -2.37. The standard InChI is InChI=1S/C11H22.C11H20/c2*1-10(2,3)9-7-6-8-11(9,4)5/h9H,6-8H2,1-5H3;7H,6,8H2,1-5H3. The summed E-state index contributed by atoms with van der Waals surface area (Å²) >= 11 is 0. The van der Waals surface area contributed by atoms with E-state index in [-0.39, 0.29) is 0 Å². The molecule has 0 amide bonds. The fourth-order valence-corrected chi connectivity index (χ4v) is 5.24. The minimum atomic E-state index is 0.375. The molecule has 0 bridgehead atoms. The molecule has 0 radical (unpaired) electrons. The van der Waals surface area contributed by atoms with Crippen molar-refractivity contribution < 1.29 is 0 Å². The van der Waals surface area contributed by atoms with Crippen molar-refractivity contribution >= 4 is 0 Å². The van der Waals surface area contributed by atoms with Crippen LogP contribution in [0.4, 0.5) is 0 Å². The number of allylic oxidation sites excluding steroid dienone is 2. The Morgan fingerprint density at radius 2 is 1.45 bits per heavy atom. The first-order valence-corrected chi connectivity index (χ1v) is 9.39. The average molecular weight is 307 g/mol. The Hall–Kier alpha value is -0.260. The Balaban J connectivity index is 0.000000220. The summed E-state index contributed by atoms with van der Waals surface area (Å²) in [4.78, 5) is 0. The maximum atomic E-state index is 2.43. The summed E-state index contributed by atoms with van der Waals surface area (Å²) in [7, 11) is 0. The molecule has 2 rings (SSSR count). The molecular weight excluding hydrogens is 264 g/mol. The molecular formula is C22H42. The van der Waals surface area contributed by atoms with Gasteiger partial charge in [-0.2, -0.15) is 0 Å². The van der Waals surface area contributed by atoms with Crippen molar-refractivity contribution in [3.63, 3.8) is 0 Å². The molecule has 0 saturated heterocycles. The quantitative estimate of drug-likeness (QED) is 0.403. The predicted molar refractivity (Wildman–Crippen MR) is 101 cm³/mol. The van der Waals surface area contributed by atoms with Gasteiger partial charge in [0.2, 0.25) is 0 Å². The zero-order valence-corrected chi connectivity index (χ0v) is 17.2. The number of rotatable bonds is 0. The summed E-state index contributed by atoms with van der Waals surface area (Å²) in [5.41, 5.74) is 3.58. The van der Waals surface area contributed by atoms with Gasteiger partial charge in [-0.1, -0.05) is 87.3 Å². The van der Waals surface area contributed by atoms with Gasteiger partial charge in [-0.15, -0.1) is 0 Å². The lowest BCUT2D eigenvalue weighted by atomic mass is 9.68. The van der Waals surface area contributed by atoms with E-state index in [4.69, 9.17) is 0 Å². The molecule has 1 fully saturated rings. The summed E-state index contributed by atoms with van der Waals surface area (Å²) in [5.74, 6) is 0.926. The molecule has 0 heteroatoms. The lowest BCUT2D eigenvalue weighted by Crippen LogP contribution is -2.29. The van der Waals surface area contributed by atoms with Crippen LogP contribution in [0.15, 0.2) is 11.6 Å². The predicted octanol–water partition coefficient (Wildman–Crippen LogP) is 7.64. The Bertz CT molecular complexity index is 393. The van der Waals surface area contributed by atoms with Gasteiger partial charge in [0.05, 0.1) is 0 Å². The van der Waals surface area contributed by atoms with Gasteiger partial charge in [-0.3, -0.25) is 0 Å². The van der Waals surface area contributed by atoms with Crippen LogP contribution in [0.3, 0.4) is 0 Å². The van der Waals surface area contributed by atoms with Gasteiger partial charge in [0.1, 0.15) is 0 Å². The Labute approximate surface area is 141 Å². The molecule has 0 heterocycles. The minimum Gasteiger partial charge on any atom is -0.0842 e. The van der Waals surface area contributed by atoms with E-state index >= 15 is 0 Å². The van der Waals surface area contributed by atoms with Crippen molar-refractivity contribution in [2.45, 2.75) is 101 Å². The molecule has 1 unspecified atom stereocenters. The number of hydrogen-bond donors (Lipinski definition) is 0. The maximum absolute atomic E-state index is 2.43. The van der Waals surface area contributed by atoms with Crippen LogP contribution in [0.1, 0.15) is 101 Å². The molecule has 22 heavy (non-hydrogen) atoms. The van der Waals surface area contributed by atoms with Gasteiger partial charge in [0.25, 0.3) is 0 Å². The first kappa shape index (κ1) is 19.8. The topological polar surface area (TPSA) is 0 Å². The van der Waals surface area contributed by atoms with Gasteiger partial charge in [0, 0.05) is 0 Å². The molecule has 2 aliphatic rings. The van der Waals surface area contributed by atoms with Crippen LogP contribution in [0.5, 0.6) is 0 Å². The highest BCUT2D eigenvalue weighted by atomic mass is 14.5. The first-order valence-electron chi connectivity index (χ1n) is 9.39. The van der Waals surface area contributed by atoms with Crippen molar-refractivity contribution in [1.29, 1.82) is 0 Å². The first-order chi connectivity index (χ1) is 9.68. The second-order valence-corrected chi connectivity index (χ2v) is 11.1. The van der Waals surface area contributed by atoms with E-state index in [1.165, 1.54) is 32.1 Å². The van der Waals surface area contributed by atoms with Gasteiger partial charge in [0.15, 0.2) is 0 Å². The number of hydrogen-bond acceptors (Lipinski definition) is 0. The Morgan fingerprint density at radius 1 is 0.909 bits per heavy atom. The van der Waals surface area contributed by atoms with Crippen LogP contribution in [0, 0.1) is 27.6 Å². The molecule has 0 nitrogen and oxygen atoms in total. The zero-order valence-electron chi connectivity index (χ0n) is 17.2. The molecule has 0 aromatic heterocycles. The van der Waals surface area contributed by atoms with Gasteiger partial charge >= 0.3 is 0 Å². The van der Waals surface area contributed by atoms with E-state index in [0.29, 0.717) is 21.7 Å². The van der Waals surface area contributed by atoms with Crippen LogP contribution < -0.4 is 0 Å². The van der Waals surface area contributed by atoms with Gasteiger partial charge in [-0.25, -0.2) is 0 Å². The average Bonchev–Trinajstić information content (AvgIpc) is 2.79. The van der Waals surface area contributed by atoms with E-state index in [1.54, 1.807) is 5.57 Å². The van der Waals surface area contributed by atoms with Crippen molar-refractivity contribution in [3.8, 4) is 0 Å². The lowest BCUT2D eigenvalue weighted by molar-refractivity contribution is 0.121. The third-order valence-corrected chi connectivity index (χ3v) is 5.96. The molecule has 0 aromatic rings. The molecule has 2 aliphatic carbocycles. The third kappa shape index (κ3) is 4.87. The molecule has 130 valence electrons. The summed E-state index contributed by atoms with van der Waals surface area (Å²) in [5, 5.41) is 0. The maximum Gasteiger partial charge on any atom is -0.0137 e. The van der Waals surface area contributed by atoms with Crippen LogP contribution in [0.2, 0.25) is 0 Å². The second kappa shape index (κ2) is 6.33. The molecule has 0 N–H and O–H groups in total. The highest BCUT2D eigenvalue weighted by Gasteiger charge is 2.41. The van der Waals surface area contributed by atoms with E-state index in [2.05, 4.69) is 75.3 Å². The van der Waals surface area contributed by atoms with Gasteiger partial charge < -0.3 is 0 Å². The highest BCUT2D eigenvalue weighted by molar-refractivity contribution is 5.23. The van der Waals surface area contributed by atoms with Crippen LogP contribution in [-0.4, -0.2) is 0 Å². The molecule has 0 aliphatic heterocycles. The molecule has 0 aromatic carbocycles. The van der Waals surface area contributed by atoms with E-state index in [9.17, 15) is 0 Å². The van der Waals surface area contributed by atoms with Gasteiger partial charge in [-0.05, 0) is 53.3 Å². The van der Waals surface area contributed by atoms with Crippen LogP contribution in [0.25, 0.3) is 0 Å². The summed E-state index contributed by atoms with van der Waals surface area (Å²) < 4.78 is 0. The largest absolute Gasteiger partial charge is 0.0842 e. The smallest absolute Gasteiger partial charge is 0.0137 e. The Morgan fingerprint density at radius 3 is 1.64 bits per heavy atom. The zero-order chi connectivity index (χ0) is 17.4. The van der Waals surface area contributed by atoms with E-state index < -0.39 is 0 Å². The van der Waals surface area contributed by atoms with Crippen molar-refractivity contribution in [3.05, 3.63) is 11.6 Å². The fraction of sp³-hybridized carbons (Fsp3) is 0.909. The Kier molecular flexibility index (Phi) is 5.69. The molecule has 1 saturated carbocycles. The highest BCUT2D eigenvalue weighted by Crippen LogP contribution is 2.51. The molecule has 1 atom stereocenters. The molecule has 0 spiro atoms. The van der Waals surface area contributed by atoms with Crippen LogP contribution in [-0.2, 0) is 0 Å². The monoisotopic (exact) mass is 306 g/mol. The summed E-state index contributed by atoms with van der Waals surface area (Å²) in [6, 6.07) is 0. The fourth-order valence-electron chi connectivity index (χ4n) is 5.24. The van der Waals surface area contributed by atoms with Crippen LogP contribution >= 0.6 is 0 Å². The SMILES string of the molecule is CC(C)(C)C1=CCCC1(C)C.CC(C)(C)C1CCCC1(C)C. The van der Waals surface area contributed by atoms with E-state index in [0.717, 1.165) is 5.92 Å². The van der Waals surface area contributed by atoms with Crippen molar-refractivity contribution in [2.24, 2.45) is 27.6 Å². The van der Waals surface area contributed by atoms with Crippen molar-refractivity contribution in [2.75, 3.05) is 0 Å². The second-order valence-electron chi connectivity index (χ2n) is 11.1.